The highest BCUT2D eigenvalue weighted by Gasteiger charge is 2.32. The van der Waals surface area contributed by atoms with Gasteiger partial charge in [-0.15, -0.1) is 0 Å². The van der Waals surface area contributed by atoms with Crippen molar-refractivity contribution >= 4 is 27.1 Å². The van der Waals surface area contributed by atoms with Gasteiger partial charge in [0.05, 0.1) is 0 Å². The Hall–Kier alpha value is -5.72. The quantitative estimate of drug-likeness (QED) is 0.133. The Bertz CT molecular complexity index is 2560. The topological polar surface area (TPSA) is 0 Å². The summed E-state index contributed by atoms with van der Waals surface area (Å²) >= 11 is 0. The Kier molecular flexibility index (Phi) is 6.30. The summed E-state index contributed by atoms with van der Waals surface area (Å²) in [6.07, 6.45) is 10.7. The Labute approximate surface area is 288 Å². The van der Waals surface area contributed by atoms with Crippen molar-refractivity contribution in [2.75, 3.05) is 0 Å². The number of allylic oxidation sites excluding steroid dienone is 5. The Morgan fingerprint density at radius 3 is 1.63 bits per heavy atom. The van der Waals surface area contributed by atoms with Gasteiger partial charge in [0.15, 0.2) is 0 Å². The predicted molar refractivity (Wildman–Crippen MR) is 209 cm³/mol. The lowest BCUT2D eigenvalue weighted by Gasteiger charge is -2.23. The van der Waals surface area contributed by atoms with Gasteiger partial charge in [0.1, 0.15) is 0 Å². The van der Waals surface area contributed by atoms with Gasteiger partial charge in [0.25, 0.3) is 0 Å². The maximum Gasteiger partial charge on any atom is -0.000716 e. The molecule has 0 nitrogen and oxygen atoms in total. The van der Waals surface area contributed by atoms with Crippen LogP contribution in [0.15, 0.2) is 152 Å². The molecule has 7 aromatic rings. The van der Waals surface area contributed by atoms with Gasteiger partial charge >= 0.3 is 0 Å². The van der Waals surface area contributed by atoms with Crippen molar-refractivity contribution in [3.05, 3.63) is 185 Å². The van der Waals surface area contributed by atoms with E-state index in [1.54, 1.807) is 0 Å². The van der Waals surface area contributed by atoms with Crippen LogP contribution >= 0.6 is 0 Å². The molecule has 0 bridgehead atoms. The third kappa shape index (κ3) is 4.23. The van der Waals surface area contributed by atoms with Crippen LogP contribution in [0, 0.1) is 0 Å². The maximum absolute atomic E-state index is 4.55. The molecular weight excluding hydrogens is 589 g/mol. The smallest absolute Gasteiger partial charge is 0.000716 e. The lowest BCUT2D eigenvalue weighted by Crippen LogP contribution is -1.99. The molecule has 0 saturated carbocycles. The van der Waals surface area contributed by atoms with Crippen LogP contribution in [0.2, 0.25) is 0 Å². The van der Waals surface area contributed by atoms with Gasteiger partial charge < -0.3 is 0 Å². The molecule has 0 atom stereocenters. The zero-order valence-electron chi connectivity index (χ0n) is 27.8. The largest absolute Gasteiger partial charge is 0.0912 e. The highest BCUT2D eigenvalue weighted by Crippen LogP contribution is 2.54. The normalized spacial score (nSPS) is 16.1. The first-order chi connectivity index (χ1) is 24.2. The molecule has 0 aromatic heterocycles. The van der Waals surface area contributed by atoms with Crippen LogP contribution in [0.4, 0.5) is 0 Å². The predicted octanol–water partition coefficient (Wildman–Crippen LogP) is 12.9. The van der Waals surface area contributed by atoms with E-state index in [1.807, 2.05) is 0 Å². The summed E-state index contributed by atoms with van der Waals surface area (Å²) in [6, 6.07) is 45.8. The Morgan fingerprint density at radius 2 is 0.939 bits per heavy atom. The minimum Gasteiger partial charge on any atom is -0.0912 e. The average molecular weight is 625 g/mol. The molecule has 0 unspecified atom stereocenters. The van der Waals surface area contributed by atoms with E-state index in [-0.39, 0.29) is 0 Å². The fourth-order valence-electron chi connectivity index (χ4n) is 9.12. The minimum absolute atomic E-state index is 0.881. The van der Waals surface area contributed by atoms with Crippen LogP contribution < -0.4 is 0 Å². The van der Waals surface area contributed by atoms with E-state index >= 15 is 0 Å². The molecule has 0 N–H and O–H groups in total. The van der Waals surface area contributed by atoms with Crippen molar-refractivity contribution in [2.24, 2.45) is 0 Å². The van der Waals surface area contributed by atoms with Crippen molar-refractivity contribution in [2.45, 2.75) is 32.6 Å². The monoisotopic (exact) mass is 624 g/mol. The van der Waals surface area contributed by atoms with Gasteiger partial charge in [-0.25, -0.2) is 0 Å². The average Bonchev–Trinajstić information content (AvgIpc) is 3.72. The Morgan fingerprint density at radius 1 is 0.429 bits per heavy atom. The molecule has 7 aromatic carbocycles. The summed E-state index contributed by atoms with van der Waals surface area (Å²) < 4.78 is 0. The summed E-state index contributed by atoms with van der Waals surface area (Å²) in [5.41, 5.74) is 21.9. The molecule has 10 rings (SSSR count). The molecule has 0 heterocycles. The molecule has 0 heteroatoms. The third-order valence-corrected chi connectivity index (χ3v) is 11.2. The minimum atomic E-state index is 0.881. The van der Waals surface area contributed by atoms with E-state index in [4.69, 9.17) is 0 Å². The highest BCUT2D eigenvalue weighted by molar-refractivity contribution is 6.22. The first-order valence-corrected chi connectivity index (χ1v) is 17.6. The second-order valence-corrected chi connectivity index (χ2v) is 14.0. The molecule has 0 amide bonds. The molecule has 0 aliphatic heterocycles. The standard InChI is InChI=1S/C49H36/c1-30-14-3-6-19-37-34(31(2)26-30)24-13-25-38(37)48-39-20-9-11-22-41(39)49(42-23-12-10-21-40(42)48)46-29-43-35-17-7-4-15-32(35)27-44(43)47-36-18-8-5-16-33(36)28-45(46)47/h3-13,15-18,20-26,29H,2,14,19,27-28H2,1H3/b6-3-,30-26+. The molecule has 0 fully saturated rings. The zero-order chi connectivity index (χ0) is 32.6. The van der Waals surface area contributed by atoms with Crippen LogP contribution in [0.25, 0.3) is 71.6 Å². The van der Waals surface area contributed by atoms with Crippen LogP contribution in [-0.2, 0) is 19.3 Å². The van der Waals surface area contributed by atoms with Gasteiger partial charge in [-0.05, 0) is 144 Å². The highest BCUT2D eigenvalue weighted by atomic mass is 14.4. The molecule has 0 spiro atoms. The number of fused-ring (bicyclic) bond motifs is 10. The van der Waals surface area contributed by atoms with E-state index in [2.05, 4.69) is 153 Å². The second-order valence-electron chi connectivity index (χ2n) is 14.0. The lowest BCUT2D eigenvalue weighted by atomic mass is 9.80. The molecule has 232 valence electrons. The van der Waals surface area contributed by atoms with Crippen LogP contribution in [0.5, 0.6) is 0 Å². The van der Waals surface area contributed by atoms with Gasteiger partial charge in [0, 0.05) is 0 Å². The van der Waals surface area contributed by atoms with E-state index in [0.29, 0.717) is 0 Å². The first kappa shape index (κ1) is 28.3. The number of rotatable bonds is 2. The van der Waals surface area contributed by atoms with Gasteiger partial charge in [0.2, 0.25) is 0 Å². The summed E-state index contributed by atoms with van der Waals surface area (Å²) in [5, 5.41) is 5.23. The van der Waals surface area contributed by atoms with Crippen LogP contribution in [-0.4, -0.2) is 0 Å². The van der Waals surface area contributed by atoms with Crippen molar-refractivity contribution in [1.29, 1.82) is 0 Å². The lowest BCUT2D eigenvalue weighted by molar-refractivity contribution is 1.19. The van der Waals surface area contributed by atoms with E-state index in [9.17, 15) is 0 Å². The van der Waals surface area contributed by atoms with E-state index in [1.165, 1.54) is 105 Å². The maximum atomic E-state index is 4.55. The van der Waals surface area contributed by atoms with Gasteiger partial charge in [-0.2, -0.15) is 0 Å². The molecular formula is C49H36. The molecule has 3 aliphatic rings. The summed E-state index contributed by atoms with van der Waals surface area (Å²) in [4.78, 5) is 0. The van der Waals surface area contributed by atoms with Crippen molar-refractivity contribution in [3.8, 4) is 44.5 Å². The zero-order valence-corrected chi connectivity index (χ0v) is 27.8. The van der Waals surface area contributed by atoms with Crippen molar-refractivity contribution < 1.29 is 0 Å². The van der Waals surface area contributed by atoms with Crippen molar-refractivity contribution in [3.63, 3.8) is 0 Å². The summed E-state index contributed by atoms with van der Waals surface area (Å²) in [6.45, 7) is 6.76. The number of hydrogen-bond acceptors (Lipinski definition) is 0. The first-order valence-electron chi connectivity index (χ1n) is 17.6. The van der Waals surface area contributed by atoms with Crippen LogP contribution in [0.1, 0.15) is 46.7 Å². The Balaban J connectivity index is 1.32. The van der Waals surface area contributed by atoms with Gasteiger partial charge in [-0.3, -0.25) is 0 Å². The van der Waals surface area contributed by atoms with Crippen LogP contribution in [0.3, 0.4) is 0 Å². The fraction of sp³-hybridized carbons (Fsp3) is 0.102. The summed E-state index contributed by atoms with van der Waals surface area (Å²) in [7, 11) is 0. The molecule has 0 radical (unpaired) electrons. The fourth-order valence-corrected chi connectivity index (χ4v) is 9.12. The SMILES string of the molecule is C=C1/C=C(\C)C/C=C\Cc2c1cccc2-c1c2ccccc2c(-c2cc3c(c4c2Cc2ccccc2-4)Cc2ccccc2-3)c2ccccc12. The number of hydrogen-bond donors (Lipinski definition) is 0. The molecule has 49 heavy (non-hydrogen) atoms. The number of benzene rings is 7. The molecule has 0 saturated heterocycles. The van der Waals surface area contributed by atoms with E-state index in [0.717, 1.165) is 31.3 Å². The molecule has 3 aliphatic carbocycles. The second kappa shape index (κ2) is 10.9. The van der Waals surface area contributed by atoms with Gasteiger partial charge in [-0.1, -0.05) is 146 Å². The van der Waals surface area contributed by atoms with Crippen molar-refractivity contribution in [1.82, 2.24) is 0 Å². The third-order valence-electron chi connectivity index (χ3n) is 11.2. The summed E-state index contributed by atoms with van der Waals surface area (Å²) in [5.74, 6) is 0. The van der Waals surface area contributed by atoms with E-state index < -0.39 is 0 Å².